The predicted molar refractivity (Wildman–Crippen MR) is 64.9 cm³/mol. The molecular weight excluding hydrogens is 240 g/mol. The lowest BCUT2D eigenvalue weighted by atomic mass is 10.3. The van der Waals surface area contributed by atoms with E-state index in [1.165, 1.54) is 0 Å². The van der Waals surface area contributed by atoms with Gasteiger partial charge < -0.3 is 14.7 Å². The predicted octanol–water partition coefficient (Wildman–Crippen LogP) is 2.82. The molecule has 0 aromatic carbocycles. The fourth-order valence-electron chi connectivity index (χ4n) is 1.63. The highest BCUT2D eigenvalue weighted by molar-refractivity contribution is 6.28. The lowest BCUT2D eigenvalue weighted by Crippen LogP contribution is -2.01. The Morgan fingerprint density at radius 3 is 3.12 bits per heavy atom. The summed E-state index contributed by atoms with van der Waals surface area (Å²) >= 11 is 5.84. The zero-order valence-electron chi connectivity index (χ0n) is 8.77. The van der Waals surface area contributed by atoms with Crippen molar-refractivity contribution in [2.75, 3.05) is 5.32 Å². The summed E-state index contributed by atoms with van der Waals surface area (Å²) in [4.78, 5) is 11.2. The molecule has 0 atom stereocenters. The standard InChI is InChI=1S/C11H9ClN4O/c12-11-15-9-8(3-4-13-9)10(16-11)14-6-7-2-1-5-17-7/h1-5H,6H2,(H2,13,14,15,16). The molecule has 5 nitrogen and oxygen atoms in total. The van der Waals surface area contributed by atoms with Crippen LogP contribution in [0.5, 0.6) is 0 Å². The molecule has 0 unspecified atom stereocenters. The minimum Gasteiger partial charge on any atom is -0.467 e. The number of aromatic nitrogens is 3. The van der Waals surface area contributed by atoms with Gasteiger partial charge in [0.25, 0.3) is 0 Å². The number of H-pyrrole nitrogens is 1. The van der Waals surface area contributed by atoms with E-state index in [4.69, 9.17) is 16.0 Å². The first-order chi connectivity index (χ1) is 8.33. The fraction of sp³-hybridized carbons (Fsp3) is 0.0909. The Hall–Kier alpha value is -2.01. The molecule has 3 heterocycles. The Labute approximate surface area is 102 Å². The number of halogens is 1. The van der Waals surface area contributed by atoms with Crippen molar-refractivity contribution in [3.8, 4) is 0 Å². The van der Waals surface area contributed by atoms with Gasteiger partial charge in [0.1, 0.15) is 17.2 Å². The van der Waals surface area contributed by atoms with Crippen molar-refractivity contribution in [3.63, 3.8) is 0 Å². The second kappa shape index (κ2) is 4.10. The molecule has 0 bridgehead atoms. The van der Waals surface area contributed by atoms with Gasteiger partial charge in [0, 0.05) is 6.20 Å². The summed E-state index contributed by atoms with van der Waals surface area (Å²) < 4.78 is 5.23. The summed E-state index contributed by atoms with van der Waals surface area (Å²) in [6, 6.07) is 5.64. The van der Waals surface area contributed by atoms with Crippen LogP contribution in [0.4, 0.5) is 5.82 Å². The van der Waals surface area contributed by atoms with Crippen LogP contribution >= 0.6 is 11.6 Å². The smallest absolute Gasteiger partial charge is 0.226 e. The maximum atomic E-state index is 5.84. The first-order valence-corrected chi connectivity index (χ1v) is 5.47. The van der Waals surface area contributed by atoms with E-state index in [1.807, 2.05) is 18.2 Å². The van der Waals surface area contributed by atoms with Crippen molar-refractivity contribution in [1.29, 1.82) is 0 Å². The van der Waals surface area contributed by atoms with Gasteiger partial charge in [-0.2, -0.15) is 4.98 Å². The van der Waals surface area contributed by atoms with Crippen LogP contribution in [-0.4, -0.2) is 15.0 Å². The van der Waals surface area contributed by atoms with E-state index in [1.54, 1.807) is 12.5 Å². The Bertz CT molecular complexity index is 632. The number of hydrogen-bond acceptors (Lipinski definition) is 4. The molecule has 3 rings (SSSR count). The summed E-state index contributed by atoms with van der Waals surface area (Å²) in [6.45, 7) is 0.556. The van der Waals surface area contributed by atoms with Crippen molar-refractivity contribution in [3.05, 3.63) is 41.7 Å². The Morgan fingerprint density at radius 2 is 2.29 bits per heavy atom. The van der Waals surface area contributed by atoms with Crippen molar-refractivity contribution in [1.82, 2.24) is 15.0 Å². The van der Waals surface area contributed by atoms with Gasteiger partial charge in [-0.05, 0) is 29.8 Å². The number of hydrogen-bond donors (Lipinski definition) is 2. The first kappa shape index (κ1) is 10.2. The van der Waals surface area contributed by atoms with Gasteiger partial charge >= 0.3 is 0 Å². The van der Waals surface area contributed by atoms with Gasteiger partial charge in [-0.3, -0.25) is 0 Å². The topological polar surface area (TPSA) is 66.7 Å². The van der Waals surface area contributed by atoms with Gasteiger partial charge in [-0.15, -0.1) is 0 Å². The summed E-state index contributed by atoms with van der Waals surface area (Å²) in [5.74, 6) is 1.53. The molecule has 0 fully saturated rings. The van der Waals surface area contributed by atoms with Crippen molar-refractivity contribution < 1.29 is 4.42 Å². The lowest BCUT2D eigenvalue weighted by Gasteiger charge is -2.04. The van der Waals surface area contributed by atoms with E-state index in [-0.39, 0.29) is 5.28 Å². The number of nitrogens with zero attached hydrogens (tertiary/aromatic N) is 2. The fourth-order valence-corrected chi connectivity index (χ4v) is 1.80. The highest BCUT2D eigenvalue weighted by Gasteiger charge is 2.07. The molecule has 0 saturated carbocycles. The molecule has 2 N–H and O–H groups in total. The van der Waals surface area contributed by atoms with Crippen LogP contribution in [0.3, 0.4) is 0 Å². The normalized spacial score (nSPS) is 10.9. The van der Waals surface area contributed by atoms with E-state index in [0.717, 1.165) is 11.1 Å². The van der Waals surface area contributed by atoms with E-state index < -0.39 is 0 Å². The minimum absolute atomic E-state index is 0.210. The number of rotatable bonds is 3. The van der Waals surface area contributed by atoms with Crippen molar-refractivity contribution in [2.24, 2.45) is 0 Å². The maximum Gasteiger partial charge on any atom is 0.226 e. The van der Waals surface area contributed by atoms with Crippen molar-refractivity contribution >= 4 is 28.5 Å². The molecule has 0 radical (unpaired) electrons. The minimum atomic E-state index is 0.210. The SMILES string of the molecule is Clc1nc(NCc2ccco2)c2cc[nH]c2n1. The van der Waals surface area contributed by atoms with E-state index in [0.29, 0.717) is 18.0 Å². The summed E-state index contributed by atoms with van der Waals surface area (Å²) in [7, 11) is 0. The molecule has 0 aliphatic rings. The average Bonchev–Trinajstić information content (AvgIpc) is 2.95. The third kappa shape index (κ3) is 1.97. The Morgan fingerprint density at radius 1 is 1.35 bits per heavy atom. The number of anilines is 1. The Kier molecular flexibility index (Phi) is 2.45. The molecular formula is C11H9ClN4O. The summed E-state index contributed by atoms with van der Waals surface area (Å²) in [5, 5.41) is 4.28. The molecule has 0 spiro atoms. The molecule has 0 saturated heterocycles. The van der Waals surface area contributed by atoms with Crippen LogP contribution in [0.25, 0.3) is 11.0 Å². The third-order valence-corrected chi connectivity index (χ3v) is 2.57. The highest BCUT2D eigenvalue weighted by atomic mass is 35.5. The van der Waals surface area contributed by atoms with Crippen LogP contribution in [0.2, 0.25) is 5.28 Å². The number of furan rings is 1. The van der Waals surface area contributed by atoms with Crippen LogP contribution < -0.4 is 5.32 Å². The monoisotopic (exact) mass is 248 g/mol. The van der Waals surface area contributed by atoms with Gasteiger partial charge in [0.05, 0.1) is 18.2 Å². The van der Waals surface area contributed by atoms with Gasteiger partial charge in [-0.1, -0.05) is 0 Å². The van der Waals surface area contributed by atoms with Gasteiger partial charge in [-0.25, -0.2) is 4.98 Å². The van der Waals surface area contributed by atoms with E-state index >= 15 is 0 Å². The lowest BCUT2D eigenvalue weighted by molar-refractivity contribution is 0.518. The van der Waals surface area contributed by atoms with Crippen LogP contribution in [0, 0.1) is 0 Å². The molecule has 3 aromatic heterocycles. The molecule has 6 heteroatoms. The summed E-state index contributed by atoms with van der Waals surface area (Å²) in [5.41, 5.74) is 0.715. The Balaban J connectivity index is 1.91. The quantitative estimate of drug-likeness (QED) is 0.700. The number of aromatic amines is 1. The second-order valence-corrected chi connectivity index (χ2v) is 3.85. The van der Waals surface area contributed by atoms with Crippen molar-refractivity contribution in [2.45, 2.75) is 6.54 Å². The van der Waals surface area contributed by atoms with Gasteiger partial charge in [0.2, 0.25) is 5.28 Å². The number of fused-ring (bicyclic) bond motifs is 1. The van der Waals surface area contributed by atoms with Crippen LogP contribution in [0.1, 0.15) is 5.76 Å². The first-order valence-electron chi connectivity index (χ1n) is 5.10. The average molecular weight is 249 g/mol. The largest absolute Gasteiger partial charge is 0.467 e. The molecule has 0 aliphatic heterocycles. The number of nitrogens with one attached hydrogen (secondary N) is 2. The van der Waals surface area contributed by atoms with E-state index in [9.17, 15) is 0 Å². The van der Waals surface area contributed by atoms with Crippen LogP contribution in [0.15, 0.2) is 35.1 Å². The maximum absolute atomic E-state index is 5.84. The summed E-state index contributed by atoms with van der Waals surface area (Å²) in [6.07, 6.45) is 3.43. The highest BCUT2D eigenvalue weighted by Crippen LogP contribution is 2.21. The molecule has 17 heavy (non-hydrogen) atoms. The molecule has 0 aliphatic carbocycles. The zero-order valence-corrected chi connectivity index (χ0v) is 9.53. The molecule has 86 valence electrons. The second-order valence-electron chi connectivity index (χ2n) is 3.51. The zero-order chi connectivity index (χ0) is 11.7. The molecule has 3 aromatic rings. The van der Waals surface area contributed by atoms with Crippen LogP contribution in [-0.2, 0) is 6.54 Å². The molecule has 0 amide bonds. The van der Waals surface area contributed by atoms with E-state index in [2.05, 4.69) is 20.3 Å². The van der Waals surface area contributed by atoms with Gasteiger partial charge in [0.15, 0.2) is 0 Å². The third-order valence-electron chi connectivity index (χ3n) is 2.40.